The number of hydrogen-bond acceptors (Lipinski definition) is 7. The molecule has 0 radical (unpaired) electrons. The Hall–Kier alpha value is -3.65. The molecular weight excluding hydrogens is 537 g/mol. The molecule has 8 N–H and O–H groups in total. The number of rotatable bonds is 14. The van der Waals surface area contributed by atoms with Crippen molar-refractivity contribution >= 4 is 28.5 Å². The van der Waals surface area contributed by atoms with Crippen LogP contribution < -0.4 is 27.8 Å². The number of anilines is 1. The molecule has 1 unspecified atom stereocenters. The van der Waals surface area contributed by atoms with Gasteiger partial charge in [0.15, 0.2) is 0 Å². The van der Waals surface area contributed by atoms with E-state index in [-0.39, 0.29) is 6.42 Å². The summed E-state index contributed by atoms with van der Waals surface area (Å²) in [5.41, 5.74) is 18.9. The van der Waals surface area contributed by atoms with Gasteiger partial charge >= 0.3 is 6.18 Å². The Morgan fingerprint density at radius 2 is 1.56 bits per heavy atom. The van der Waals surface area contributed by atoms with Crippen molar-refractivity contribution in [3.05, 3.63) is 66.0 Å². The van der Waals surface area contributed by atoms with Gasteiger partial charge in [0.05, 0.1) is 49.3 Å². The molecule has 2 amide bonds. The lowest BCUT2D eigenvalue weighted by atomic mass is 10.0. The molecular formula is C28H38F3N8O2+. The number of nitrogens with zero attached hydrogens (tertiary/aromatic N) is 3. The zero-order valence-electron chi connectivity index (χ0n) is 23.0. The molecule has 0 fully saturated rings. The molecule has 2 aromatic carbocycles. The SMILES string of the molecule is C[N+](CCN)(CCN)CCCC(N)C(=O)N[C@@H](Cc1ccc(C(F)(F)F)cc1)C(=O)Nc1ccc2nccnc2c1. The third-order valence-corrected chi connectivity index (χ3v) is 6.98. The van der Waals surface area contributed by atoms with Crippen molar-refractivity contribution in [2.75, 3.05) is 45.1 Å². The Morgan fingerprint density at radius 1 is 0.927 bits per heavy atom. The highest BCUT2D eigenvalue weighted by atomic mass is 19.4. The second kappa shape index (κ2) is 14.3. The van der Waals surface area contributed by atoms with E-state index in [0.29, 0.717) is 52.7 Å². The molecule has 3 aromatic rings. The molecule has 1 aromatic heterocycles. The van der Waals surface area contributed by atoms with E-state index in [9.17, 15) is 22.8 Å². The predicted octanol–water partition coefficient (Wildman–Crippen LogP) is 1.79. The van der Waals surface area contributed by atoms with Gasteiger partial charge in [-0.15, -0.1) is 0 Å². The summed E-state index contributed by atoms with van der Waals surface area (Å²) < 4.78 is 39.7. The minimum Gasteiger partial charge on any atom is -0.343 e. The Balaban J connectivity index is 1.72. The molecule has 41 heavy (non-hydrogen) atoms. The number of aromatic nitrogens is 2. The quantitative estimate of drug-likeness (QED) is 0.183. The summed E-state index contributed by atoms with van der Waals surface area (Å²) in [6.45, 7) is 3.24. The first-order valence-electron chi connectivity index (χ1n) is 13.4. The van der Waals surface area contributed by atoms with E-state index in [1.807, 2.05) is 7.05 Å². The van der Waals surface area contributed by atoms with Crippen LogP contribution >= 0.6 is 0 Å². The van der Waals surface area contributed by atoms with Gasteiger partial charge in [-0.1, -0.05) is 12.1 Å². The number of carbonyl (C=O) groups is 2. The molecule has 0 spiro atoms. The van der Waals surface area contributed by atoms with Crippen LogP contribution in [0.5, 0.6) is 0 Å². The fourth-order valence-corrected chi connectivity index (χ4v) is 4.61. The minimum atomic E-state index is -4.49. The van der Waals surface area contributed by atoms with E-state index < -0.39 is 35.6 Å². The fraction of sp³-hybridized carbons (Fsp3) is 0.429. The van der Waals surface area contributed by atoms with Crippen LogP contribution in [0.15, 0.2) is 54.9 Å². The van der Waals surface area contributed by atoms with Crippen LogP contribution in [0.2, 0.25) is 0 Å². The monoisotopic (exact) mass is 575 g/mol. The number of alkyl halides is 3. The van der Waals surface area contributed by atoms with Crippen LogP contribution in [0.25, 0.3) is 11.0 Å². The first kappa shape index (κ1) is 31.9. The van der Waals surface area contributed by atoms with Gasteiger partial charge in [-0.05, 0) is 48.7 Å². The summed E-state index contributed by atoms with van der Waals surface area (Å²) in [5.74, 6) is -1.09. The number of quaternary nitrogens is 1. The number of halogens is 3. The highest BCUT2D eigenvalue weighted by Crippen LogP contribution is 2.29. The van der Waals surface area contributed by atoms with Crippen molar-refractivity contribution in [3.63, 3.8) is 0 Å². The van der Waals surface area contributed by atoms with E-state index in [4.69, 9.17) is 17.2 Å². The average molecular weight is 576 g/mol. The van der Waals surface area contributed by atoms with Gasteiger partial charge in [0, 0.05) is 37.6 Å². The lowest BCUT2D eigenvalue weighted by molar-refractivity contribution is -0.907. The Kier molecular flexibility index (Phi) is 11.1. The molecule has 0 aliphatic carbocycles. The van der Waals surface area contributed by atoms with Gasteiger partial charge in [-0.3, -0.25) is 19.6 Å². The molecule has 10 nitrogen and oxygen atoms in total. The summed E-state index contributed by atoms with van der Waals surface area (Å²) in [6.07, 6.45) is -0.451. The normalized spacial score (nSPS) is 13.5. The molecule has 0 bridgehead atoms. The maximum absolute atomic E-state index is 13.3. The standard InChI is InChI=1S/C28H37F3N8O2/c1-39(15-10-32,16-11-33)14-2-3-22(34)26(40)38-25(17-19-4-6-20(7-5-19)28(29,30)31)27(41)37-21-8-9-23-24(18-21)36-13-12-35-23/h4-9,12-13,18,22,25H,2-3,10-11,14-17,32-34H2,1H3,(H-,36,37,38,40,41)/p+1/t22?,25-/m0/s1. The fourth-order valence-electron chi connectivity index (χ4n) is 4.61. The number of fused-ring (bicyclic) bond motifs is 1. The highest BCUT2D eigenvalue weighted by Gasteiger charge is 2.31. The van der Waals surface area contributed by atoms with E-state index in [0.717, 1.165) is 31.8 Å². The largest absolute Gasteiger partial charge is 0.416 e. The Bertz CT molecular complexity index is 1300. The topological polar surface area (TPSA) is 162 Å². The predicted molar refractivity (Wildman–Crippen MR) is 151 cm³/mol. The van der Waals surface area contributed by atoms with Crippen molar-refractivity contribution in [1.82, 2.24) is 15.3 Å². The lowest BCUT2D eigenvalue weighted by Gasteiger charge is -2.34. The zero-order chi connectivity index (χ0) is 30.0. The van der Waals surface area contributed by atoms with Crippen LogP contribution in [0.4, 0.5) is 18.9 Å². The molecule has 3 rings (SSSR count). The van der Waals surface area contributed by atoms with Crippen LogP contribution in [0, 0.1) is 0 Å². The summed E-state index contributed by atoms with van der Waals surface area (Å²) in [5, 5.41) is 5.45. The smallest absolute Gasteiger partial charge is 0.343 e. The van der Waals surface area contributed by atoms with Crippen LogP contribution in [-0.4, -0.2) is 78.1 Å². The van der Waals surface area contributed by atoms with E-state index in [1.165, 1.54) is 18.3 Å². The van der Waals surface area contributed by atoms with Crippen molar-refractivity contribution in [2.24, 2.45) is 17.2 Å². The van der Waals surface area contributed by atoms with Gasteiger partial charge in [-0.25, -0.2) is 0 Å². The number of carbonyl (C=O) groups excluding carboxylic acids is 2. The lowest BCUT2D eigenvalue weighted by Crippen LogP contribution is -2.52. The maximum atomic E-state index is 13.3. The molecule has 0 aliphatic heterocycles. The third kappa shape index (κ3) is 9.46. The van der Waals surface area contributed by atoms with Crippen molar-refractivity contribution in [1.29, 1.82) is 0 Å². The van der Waals surface area contributed by atoms with Gasteiger partial charge in [0.25, 0.3) is 0 Å². The first-order valence-corrected chi connectivity index (χ1v) is 13.4. The Labute approximate surface area is 237 Å². The maximum Gasteiger partial charge on any atom is 0.416 e. The summed E-state index contributed by atoms with van der Waals surface area (Å²) in [6, 6.07) is 7.45. The third-order valence-electron chi connectivity index (χ3n) is 6.98. The first-order chi connectivity index (χ1) is 19.4. The number of amides is 2. The van der Waals surface area contributed by atoms with E-state index in [2.05, 4.69) is 20.6 Å². The number of benzene rings is 2. The van der Waals surface area contributed by atoms with Crippen LogP contribution in [0.1, 0.15) is 24.0 Å². The van der Waals surface area contributed by atoms with E-state index >= 15 is 0 Å². The summed E-state index contributed by atoms with van der Waals surface area (Å²) >= 11 is 0. The molecule has 0 aliphatic rings. The van der Waals surface area contributed by atoms with Crippen molar-refractivity contribution < 1.29 is 27.2 Å². The zero-order valence-corrected chi connectivity index (χ0v) is 23.0. The number of nitrogens with one attached hydrogen (secondary N) is 2. The van der Waals surface area contributed by atoms with Gasteiger partial charge in [0.1, 0.15) is 6.04 Å². The number of hydrogen-bond donors (Lipinski definition) is 5. The highest BCUT2D eigenvalue weighted by molar-refractivity contribution is 5.99. The molecule has 1 heterocycles. The van der Waals surface area contributed by atoms with Gasteiger partial charge < -0.3 is 32.3 Å². The molecule has 222 valence electrons. The number of nitrogens with two attached hydrogens (primary N) is 3. The van der Waals surface area contributed by atoms with Crippen molar-refractivity contribution in [2.45, 2.75) is 37.5 Å². The molecule has 0 saturated heterocycles. The van der Waals surface area contributed by atoms with Crippen LogP contribution in [-0.2, 0) is 22.2 Å². The molecule has 2 atom stereocenters. The van der Waals surface area contributed by atoms with Gasteiger partial charge in [0.2, 0.25) is 11.8 Å². The minimum absolute atomic E-state index is 0.0439. The summed E-state index contributed by atoms with van der Waals surface area (Å²) in [4.78, 5) is 34.8. The van der Waals surface area contributed by atoms with Crippen LogP contribution in [0.3, 0.4) is 0 Å². The number of likely N-dealkylation sites (N-methyl/N-ethyl adjacent to an activating group) is 1. The van der Waals surface area contributed by atoms with Crippen molar-refractivity contribution in [3.8, 4) is 0 Å². The molecule has 13 heteroatoms. The van der Waals surface area contributed by atoms with Gasteiger partial charge in [-0.2, -0.15) is 13.2 Å². The van der Waals surface area contributed by atoms with E-state index in [1.54, 1.807) is 24.4 Å². The molecule has 0 saturated carbocycles. The Morgan fingerprint density at radius 3 is 2.17 bits per heavy atom. The second-order valence-electron chi connectivity index (χ2n) is 10.3. The average Bonchev–Trinajstić information content (AvgIpc) is 2.92. The summed E-state index contributed by atoms with van der Waals surface area (Å²) in [7, 11) is 2.05. The second-order valence-corrected chi connectivity index (χ2v) is 10.3.